The van der Waals surface area contributed by atoms with E-state index in [1.165, 1.54) is 11.4 Å². The number of ether oxygens (including phenoxy) is 1. The summed E-state index contributed by atoms with van der Waals surface area (Å²) in [5, 5.41) is 0. The van der Waals surface area contributed by atoms with E-state index in [0.717, 1.165) is 25.7 Å². The van der Waals surface area contributed by atoms with Crippen LogP contribution in [0.1, 0.15) is 52.4 Å². The number of nitrogens with zero attached hydrogens (tertiary/aromatic N) is 1. The van der Waals surface area contributed by atoms with Gasteiger partial charge in [0.2, 0.25) is 0 Å². The van der Waals surface area contributed by atoms with Crippen LogP contribution < -0.4 is 4.72 Å². The average Bonchev–Trinajstić information content (AvgIpc) is 2.64. The van der Waals surface area contributed by atoms with Crippen molar-refractivity contribution in [2.75, 3.05) is 20.2 Å². The van der Waals surface area contributed by atoms with Crippen LogP contribution in [0.4, 0.5) is 0 Å². The summed E-state index contributed by atoms with van der Waals surface area (Å²) in [6.07, 6.45) is 4.70. The zero-order valence-corrected chi connectivity index (χ0v) is 13.5. The summed E-state index contributed by atoms with van der Waals surface area (Å²) in [6, 6.07) is 0. The highest BCUT2D eigenvalue weighted by atomic mass is 32.2. The predicted octanol–water partition coefficient (Wildman–Crippen LogP) is 1.43. The van der Waals surface area contributed by atoms with Gasteiger partial charge in [-0.2, -0.15) is 17.4 Å². The Bertz CT molecular complexity index is 410. The Balaban J connectivity index is 3.03. The predicted molar refractivity (Wildman–Crippen MR) is 77.4 cm³/mol. The van der Waals surface area contributed by atoms with Crippen molar-refractivity contribution in [2.45, 2.75) is 57.9 Å². The maximum atomic E-state index is 12.4. The number of carbonyl (C=O) groups is 1. The van der Waals surface area contributed by atoms with Crippen LogP contribution in [0.25, 0.3) is 0 Å². The van der Waals surface area contributed by atoms with Gasteiger partial charge in [-0.15, -0.1) is 0 Å². The highest BCUT2D eigenvalue weighted by Gasteiger charge is 2.44. The van der Waals surface area contributed by atoms with Gasteiger partial charge in [-0.3, -0.25) is 4.79 Å². The molecule has 1 aliphatic carbocycles. The Morgan fingerprint density at radius 3 is 2.05 bits per heavy atom. The molecule has 6 nitrogen and oxygen atoms in total. The molecule has 118 valence electrons. The fraction of sp³-hybridized carbons (Fsp3) is 0.923. The van der Waals surface area contributed by atoms with E-state index in [1.807, 2.05) is 0 Å². The van der Waals surface area contributed by atoms with Gasteiger partial charge >= 0.3 is 5.97 Å². The molecule has 0 atom stereocenters. The zero-order valence-electron chi connectivity index (χ0n) is 12.6. The molecule has 0 aromatic rings. The van der Waals surface area contributed by atoms with Crippen LogP contribution in [-0.2, 0) is 19.7 Å². The van der Waals surface area contributed by atoms with Gasteiger partial charge in [0, 0.05) is 13.1 Å². The second-order valence-corrected chi connectivity index (χ2v) is 6.85. The molecule has 0 unspecified atom stereocenters. The number of esters is 1. The summed E-state index contributed by atoms with van der Waals surface area (Å²) in [6.45, 7) is 4.31. The first kappa shape index (κ1) is 17.4. The molecule has 1 rings (SSSR count). The maximum absolute atomic E-state index is 12.4. The lowest BCUT2D eigenvalue weighted by atomic mass is 9.92. The molecule has 0 aliphatic heterocycles. The quantitative estimate of drug-likeness (QED) is 0.595. The lowest BCUT2D eigenvalue weighted by Gasteiger charge is -2.32. The van der Waals surface area contributed by atoms with Crippen molar-refractivity contribution >= 4 is 16.2 Å². The smallest absolute Gasteiger partial charge is 0.327 e. The molecule has 7 heteroatoms. The summed E-state index contributed by atoms with van der Waals surface area (Å²) in [5.74, 6) is -0.477. The minimum Gasteiger partial charge on any atom is -0.468 e. The Hall–Kier alpha value is -0.660. The number of nitrogens with one attached hydrogen (secondary N) is 1. The lowest BCUT2D eigenvalue weighted by molar-refractivity contribution is -0.148. The Kier molecular flexibility index (Phi) is 6.42. The van der Waals surface area contributed by atoms with Gasteiger partial charge in [0.25, 0.3) is 10.2 Å². The van der Waals surface area contributed by atoms with E-state index in [1.54, 1.807) is 13.8 Å². The number of hydrogen-bond acceptors (Lipinski definition) is 4. The normalized spacial score (nSPS) is 19.6. The lowest BCUT2D eigenvalue weighted by Crippen LogP contribution is -2.58. The summed E-state index contributed by atoms with van der Waals surface area (Å²) in [5.41, 5.74) is -1.10. The van der Waals surface area contributed by atoms with E-state index in [2.05, 4.69) is 4.72 Å². The molecule has 1 N–H and O–H groups in total. The molecule has 0 radical (unpaired) electrons. The van der Waals surface area contributed by atoms with Crippen molar-refractivity contribution in [1.82, 2.24) is 9.03 Å². The van der Waals surface area contributed by atoms with Crippen LogP contribution in [0.3, 0.4) is 0 Å². The van der Waals surface area contributed by atoms with Gasteiger partial charge in [0.15, 0.2) is 0 Å². The first-order chi connectivity index (χ1) is 9.41. The molecule has 1 fully saturated rings. The van der Waals surface area contributed by atoms with Crippen molar-refractivity contribution < 1.29 is 17.9 Å². The van der Waals surface area contributed by atoms with E-state index in [4.69, 9.17) is 4.74 Å². The molecule has 0 aromatic carbocycles. The second kappa shape index (κ2) is 7.38. The summed E-state index contributed by atoms with van der Waals surface area (Å²) < 4.78 is 33.6. The molecule has 0 aromatic heterocycles. The third kappa shape index (κ3) is 3.93. The number of hydrogen-bond donors (Lipinski definition) is 1. The van der Waals surface area contributed by atoms with Crippen molar-refractivity contribution in [3.8, 4) is 0 Å². The SMILES string of the molecule is CCN(CC)S(=O)(=O)NC1(C(=O)OC)CCCCCC1. The number of rotatable bonds is 6. The molecule has 0 spiro atoms. The monoisotopic (exact) mass is 306 g/mol. The molecule has 1 saturated carbocycles. The Morgan fingerprint density at radius 1 is 1.15 bits per heavy atom. The van der Waals surface area contributed by atoms with Crippen LogP contribution in [0.5, 0.6) is 0 Å². The first-order valence-corrected chi connectivity index (χ1v) is 8.73. The molecule has 0 heterocycles. The molecule has 20 heavy (non-hydrogen) atoms. The molecular formula is C13H26N2O4S. The first-order valence-electron chi connectivity index (χ1n) is 7.29. The topological polar surface area (TPSA) is 75.7 Å². The maximum Gasteiger partial charge on any atom is 0.327 e. The highest BCUT2D eigenvalue weighted by Crippen LogP contribution is 2.29. The van der Waals surface area contributed by atoms with E-state index in [9.17, 15) is 13.2 Å². The Labute approximate surface area is 122 Å². The molecule has 1 aliphatic rings. The van der Waals surface area contributed by atoms with Crippen molar-refractivity contribution in [3.63, 3.8) is 0 Å². The third-order valence-corrected chi connectivity index (χ3v) is 5.75. The van der Waals surface area contributed by atoms with Crippen LogP contribution in [-0.4, -0.2) is 44.4 Å². The highest BCUT2D eigenvalue weighted by molar-refractivity contribution is 7.87. The van der Waals surface area contributed by atoms with Crippen LogP contribution in [0.2, 0.25) is 0 Å². The molecule has 0 amide bonds. The average molecular weight is 306 g/mol. The minimum absolute atomic E-state index is 0.378. The van der Waals surface area contributed by atoms with Crippen LogP contribution in [0, 0.1) is 0 Å². The summed E-state index contributed by atoms with van der Waals surface area (Å²) in [7, 11) is -2.36. The minimum atomic E-state index is -3.67. The van der Waals surface area contributed by atoms with Gasteiger partial charge in [0.1, 0.15) is 5.54 Å². The van der Waals surface area contributed by atoms with Crippen LogP contribution in [0.15, 0.2) is 0 Å². The summed E-state index contributed by atoms with van der Waals surface area (Å²) in [4.78, 5) is 12.2. The second-order valence-electron chi connectivity index (χ2n) is 5.18. The van der Waals surface area contributed by atoms with Crippen LogP contribution >= 0.6 is 0 Å². The number of carbonyl (C=O) groups excluding carboxylic acids is 1. The van der Waals surface area contributed by atoms with Gasteiger partial charge in [-0.25, -0.2) is 0 Å². The van der Waals surface area contributed by atoms with Gasteiger partial charge < -0.3 is 4.74 Å². The van der Waals surface area contributed by atoms with Gasteiger partial charge in [-0.05, 0) is 12.8 Å². The third-order valence-electron chi connectivity index (χ3n) is 3.90. The fourth-order valence-corrected chi connectivity index (χ4v) is 4.34. The molecular weight excluding hydrogens is 280 g/mol. The number of methoxy groups -OCH3 is 1. The van der Waals surface area contributed by atoms with E-state index < -0.39 is 21.7 Å². The van der Waals surface area contributed by atoms with Crippen molar-refractivity contribution in [3.05, 3.63) is 0 Å². The van der Waals surface area contributed by atoms with Crippen molar-refractivity contribution in [1.29, 1.82) is 0 Å². The van der Waals surface area contributed by atoms with Gasteiger partial charge in [0.05, 0.1) is 7.11 Å². The fourth-order valence-electron chi connectivity index (χ4n) is 2.75. The molecule has 0 bridgehead atoms. The standard InChI is InChI=1S/C13H26N2O4S/c1-4-15(5-2)20(17,18)14-13(12(16)19-3)10-8-6-7-9-11-13/h14H,4-11H2,1-3H3. The summed E-state index contributed by atoms with van der Waals surface area (Å²) >= 11 is 0. The Morgan fingerprint density at radius 2 is 1.65 bits per heavy atom. The molecule has 0 saturated heterocycles. The van der Waals surface area contributed by atoms with Crippen molar-refractivity contribution in [2.24, 2.45) is 0 Å². The van der Waals surface area contributed by atoms with E-state index in [-0.39, 0.29) is 0 Å². The van der Waals surface area contributed by atoms with E-state index >= 15 is 0 Å². The van der Waals surface area contributed by atoms with E-state index in [0.29, 0.717) is 25.9 Å². The van der Waals surface area contributed by atoms with Gasteiger partial charge in [-0.1, -0.05) is 39.5 Å². The zero-order chi connectivity index (χ0) is 15.2. The largest absolute Gasteiger partial charge is 0.468 e.